The predicted molar refractivity (Wildman–Crippen MR) is 78.7 cm³/mol. The number of hydrogen-bond acceptors (Lipinski definition) is 5. The lowest BCUT2D eigenvalue weighted by atomic mass is 10.1. The molecular formula is C12H13ClN4O2S. The standard InChI is InChI=1S/C12H13ClN4O2S/c13-9-5-8-10(14-6-15-11(8)20-9)16-7-1-3-17(4-2-7)12(18)19/h5-7H,1-4H2,(H,18,19)(H,14,15,16). The topological polar surface area (TPSA) is 78.4 Å². The number of aromatic nitrogens is 2. The Kier molecular flexibility index (Phi) is 3.62. The van der Waals surface area contributed by atoms with Crippen LogP contribution in [0.25, 0.3) is 10.2 Å². The summed E-state index contributed by atoms with van der Waals surface area (Å²) in [4.78, 5) is 21.6. The van der Waals surface area contributed by atoms with Gasteiger partial charge in [0, 0.05) is 19.1 Å². The van der Waals surface area contributed by atoms with E-state index in [1.54, 1.807) is 0 Å². The molecule has 6 nitrogen and oxygen atoms in total. The molecule has 0 unspecified atom stereocenters. The molecule has 0 aromatic carbocycles. The van der Waals surface area contributed by atoms with Crippen LogP contribution < -0.4 is 5.32 Å². The number of anilines is 1. The largest absolute Gasteiger partial charge is 0.465 e. The molecule has 1 saturated heterocycles. The highest BCUT2D eigenvalue weighted by molar-refractivity contribution is 7.22. The molecule has 0 aliphatic carbocycles. The molecule has 0 bridgehead atoms. The van der Waals surface area contributed by atoms with Crippen molar-refractivity contribution in [3.8, 4) is 0 Å². The Morgan fingerprint density at radius 1 is 1.45 bits per heavy atom. The van der Waals surface area contributed by atoms with Gasteiger partial charge in [-0.1, -0.05) is 11.6 Å². The monoisotopic (exact) mass is 312 g/mol. The van der Waals surface area contributed by atoms with Crippen molar-refractivity contribution in [1.82, 2.24) is 14.9 Å². The quantitative estimate of drug-likeness (QED) is 0.891. The highest BCUT2D eigenvalue weighted by Crippen LogP contribution is 2.31. The molecule has 0 radical (unpaired) electrons. The lowest BCUT2D eigenvalue weighted by molar-refractivity contribution is 0.134. The number of nitrogens with zero attached hydrogens (tertiary/aromatic N) is 3. The molecular weight excluding hydrogens is 300 g/mol. The lowest BCUT2D eigenvalue weighted by Gasteiger charge is -2.30. The number of carboxylic acid groups (broad SMARTS) is 1. The molecule has 0 saturated carbocycles. The van der Waals surface area contributed by atoms with Crippen LogP contribution in [-0.2, 0) is 0 Å². The Morgan fingerprint density at radius 3 is 2.90 bits per heavy atom. The summed E-state index contributed by atoms with van der Waals surface area (Å²) >= 11 is 7.42. The second kappa shape index (κ2) is 5.41. The van der Waals surface area contributed by atoms with E-state index >= 15 is 0 Å². The molecule has 0 spiro atoms. The normalized spacial score (nSPS) is 16.6. The molecule has 1 fully saturated rings. The van der Waals surface area contributed by atoms with Crippen molar-refractivity contribution in [2.45, 2.75) is 18.9 Å². The van der Waals surface area contributed by atoms with E-state index in [0.29, 0.717) is 17.4 Å². The molecule has 3 heterocycles. The highest BCUT2D eigenvalue weighted by Gasteiger charge is 2.23. The van der Waals surface area contributed by atoms with Crippen LogP contribution in [-0.4, -0.2) is 45.2 Å². The minimum absolute atomic E-state index is 0.224. The fraction of sp³-hybridized carbons (Fsp3) is 0.417. The van der Waals surface area contributed by atoms with Crippen LogP contribution in [0.4, 0.5) is 10.6 Å². The number of halogens is 1. The third-order valence-corrected chi connectivity index (χ3v) is 4.58. The molecule has 1 amide bonds. The SMILES string of the molecule is O=C(O)N1CCC(Nc2ncnc3sc(Cl)cc23)CC1. The number of fused-ring (bicyclic) bond motifs is 1. The van der Waals surface area contributed by atoms with Crippen LogP contribution in [0.2, 0.25) is 4.34 Å². The number of hydrogen-bond donors (Lipinski definition) is 2. The average Bonchev–Trinajstić information content (AvgIpc) is 2.81. The Hall–Kier alpha value is -1.60. The van der Waals surface area contributed by atoms with E-state index in [1.807, 2.05) is 6.07 Å². The summed E-state index contributed by atoms with van der Waals surface area (Å²) in [5.41, 5.74) is 0. The molecule has 1 aliphatic rings. The van der Waals surface area contributed by atoms with Gasteiger partial charge in [0.1, 0.15) is 17.0 Å². The summed E-state index contributed by atoms with van der Waals surface area (Å²) in [6.07, 6.45) is 2.22. The van der Waals surface area contributed by atoms with Crippen molar-refractivity contribution >= 4 is 45.1 Å². The zero-order valence-corrected chi connectivity index (χ0v) is 12.1. The highest BCUT2D eigenvalue weighted by atomic mass is 35.5. The summed E-state index contributed by atoms with van der Waals surface area (Å²) in [5, 5.41) is 13.2. The van der Waals surface area contributed by atoms with E-state index in [1.165, 1.54) is 22.6 Å². The van der Waals surface area contributed by atoms with Crippen molar-refractivity contribution < 1.29 is 9.90 Å². The molecule has 2 aromatic heterocycles. The van der Waals surface area contributed by atoms with Gasteiger partial charge in [-0.25, -0.2) is 14.8 Å². The first-order chi connectivity index (χ1) is 9.63. The maximum atomic E-state index is 10.9. The van der Waals surface area contributed by atoms with Gasteiger partial charge in [0.05, 0.1) is 9.72 Å². The van der Waals surface area contributed by atoms with E-state index in [-0.39, 0.29) is 6.04 Å². The number of piperidine rings is 1. The fourth-order valence-corrected chi connectivity index (χ4v) is 3.40. The number of amides is 1. The van der Waals surface area contributed by atoms with Gasteiger partial charge in [-0.2, -0.15) is 0 Å². The summed E-state index contributed by atoms with van der Waals surface area (Å²) in [6.45, 7) is 1.09. The van der Waals surface area contributed by atoms with Gasteiger partial charge < -0.3 is 15.3 Å². The van der Waals surface area contributed by atoms with E-state index < -0.39 is 6.09 Å². The fourth-order valence-electron chi connectivity index (χ4n) is 2.35. The smallest absolute Gasteiger partial charge is 0.407 e. The minimum Gasteiger partial charge on any atom is -0.465 e. The number of carbonyl (C=O) groups is 1. The Bertz CT molecular complexity index is 639. The maximum absolute atomic E-state index is 10.9. The lowest BCUT2D eigenvalue weighted by Crippen LogP contribution is -2.41. The number of nitrogens with one attached hydrogen (secondary N) is 1. The van der Waals surface area contributed by atoms with Crippen LogP contribution in [0.15, 0.2) is 12.4 Å². The van der Waals surface area contributed by atoms with Crippen molar-refractivity contribution in [3.05, 3.63) is 16.7 Å². The zero-order chi connectivity index (χ0) is 14.1. The summed E-state index contributed by atoms with van der Waals surface area (Å²) in [5.74, 6) is 0.770. The summed E-state index contributed by atoms with van der Waals surface area (Å²) in [7, 11) is 0. The second-order valence-corrected chi connectivity index (χ2v) is 6.34. The van der Waals surface area contributed by atoms with Crippen LogP contribution in [0.3, 0.4) is 0 Å². The predicted octanol–water partition coefficient (Wildman–Crippen LogP) is 2.90. The molecule has 20 heavy (non-hydrogen) atoms. The Balaban J connectivity index is 1.73. The first-order valence-electron chi connectivity index (χ1n) is 6.28. The average molecular weight is 313 g/mol. The van der Waals surface area contributed by atoms with Crippen molar-refractivity contribution in [2.75, 3.05) is 18.4 Å². The third-order valence-electron chi connectivity index (χ3n) is 3.41. The Labute approximate surface area is 124 Å². The zero-order valence-electron chi connectivity index (χ0n) is 10.5. The third kappa shape index (κ3) is 2.64. The molecule has 2 aromatic rings. The molecule has 0 atom stereocenters. The van der Waals surface area contributed by atoms with Crippen LogP contribution in [0.1, 0.15) is 12.8 Å². The van der Waals surface area contributed by atoms with E-state index in [4.69, 9.17) is 16.7 Å². The van der Waals surface area contributed by atoms with Crippen LogP contribution in [0.5, 0.6) is 0 Å². The van der Waals surface area contributed by atoms with Crippen molar-refractivity contribution in [2.24, 2.45) is 0 Å². The van der Waals surface area contributed by atoms with Gasteiger partial charge in [-0.3, -0.25) is 0 Å². The first-order valence-corrected chi connectivity index (χ1v) is 7.47. The van der Waals surface area contributed by atoms with E-state index in [9.17, 15) is 4.79 Å². The van der Waals surface area contributed by atoms with Gasteiger partial charge in [0.25, 0.3) is 0 Å². The van der Waals surface area contributed by atoms with Crippen molar-refractivity contribution in [3.63, 3.8) is 0 Å². The summed E-state index contributed by atoms with van der Waals surface area (Å²) in [6, 6.07) is 2.08. The Morgan fingerprint density at radius 2 is 2.20 bits per heavy atom. The second-order valence-electron chi connectivity index (χ2n) is 4.68. The van der Waals surface area contributed by atoms with Crippen LogP contribution in [0, 0.1) is 0 Å². The molecule has 106 valence electrons. The number of likely N-dealkylation sites (tertiary alicyclic amines) is 1. The number of rotatable bonds is 2. The van der Waals surface area contributed by atoms with Crippen LogP contribution >= 0.6 is 22.9 Å². The molecule has 8 heteroatoms. The van der Waals surface area contributed by atoms with E-state index in [2.05, 4.69) is 15.3 Å². The molecule has 3 rings (SSSR count). The maximum Gasteiger partial charge on any atom is 0.407 e. The van der Waals surface area contributed by atoms with Crippen molar-refractivity contribution in [1.29, 1.82) is 0 Å². The van der Waals surface area contributed by atoms with Gasteiger partial charge in [-0.05, 0) is 18.9 Å². The molecule has 1 aliphatic heterocycles. The van der Waals surface area contributed by atoms with Gasteiger partial charge >= 0.3 is 6.09 Å². The summed E-state index contributed by atoms with van der Waals surface area (Å²) < 4.78 is 0.684. The minimum atomic E-state index is -0.850. The van der Waals surface area contributed by atoms with Gasteiger partial charge in [0.15, 0.2) is 0 Å². The first kappa shape index (κ1) is 13.4. The van der Waals surface area contributed by atoms with Gasteiger partial charge in [-0.15, -0.1) is 11.3 Å². The number of thiophene rings is 1. The van der Waals surface area contributed by atoms with Gasteiger partial charge in [0.2, 0.25) is 0 Å². The molecule has 2 N–H and O–H groups in total. The van der Waals surface area contributed by atoms with E-state index in [0.717, 1.165) is 28.9 Å².